The Morgan fingerprint density at radius 3 is 2.44 bits per heavy atom. The normalized spacial score (nSPS) is 12.0. The van der Waals surface area contributed by atoms with Crippen LogP contribution in [0, 0.1) is 0 Å². The number of H-pyrrole nitrogens is 1. The van der Waals surface area contributed by atoms with Gasteiger partial charge in [-0.05, 0) is 52.2 Å². The van der Waals surface area contributed by atoms with E-state index >= 15 is 0 Å². The van der Waals surface area contributed by atoms with Crippen LogP contribution in [0.3, 0.4) is 0 Å². The number of fused-ring (bicyclic) bond motifs is 1. The van der Waals surface area contributed by atoms with E-state index < -0.39 is 0 Å². The number of nitrogens with zero attached hydrogens (tertiary/aromatic N) is 2. The zero-order valence-electron chi connectivity index (χ0n) is 13.7. The predicted octanol–water partition coefficient (Wildman–Crippen LogP) is 4.13. The summed E-state index contributed by atoms with van der Waals surface area (Å²) in [5.41, 5.74) is 2.08. The lowest BCUT2D eigenvalue weighted by atomic mass is 9.99. The summed E-state index contributed by atoms with van der Waals surface area (Å²) in [7, 11) is 1.67. The van der Waals surface area contributed by atoms with Gasteiger partial charge in [0, 0.05) is 12.4 Å². The number of nitrogens with one attached hydrogen (secondary N) is 1. The van der Waals surface area contributed by atoms with Gasteiger partial charge < -0.3 is 14.5 Å². The van der Waals surface area contributed by atoms with E-state index in [4.69, 9.17) is 9.47 Å². The number of ether oxygens (including phenoxy) is 2. The zero-order chi connectivity index (χ0) is 17.1. The summed E-state index contributed by atoms with van der Waals surface area (Å²) >= 11 is 0. The predicted molar refractivity (Wildman–Crippen MR) is 95.8 cm³/mol. The summed E-state index contributed by atoms with van der Waals surface area (Å²) in [4.78, 5) is 11.1. The lowest BCUT2D eigenvalue weighted by molar-refractivity contribution is 0.238. The van der Waals surface area contributed by atoms with Crippen LogP contribution in [-0.2, 0) is 0 Å². The first kappa shape index (κ1) is 15.2. The van der Waals surface area contributed by atoms with Gasteiger partial charge in [-0.1, -0.05) is 18.2 Å². The number of benzene rings is 2. The number of pyridine rings is 1. The molecule has 5 heteroatoms. The SMILES string of the molecule is COc1ccc2cc(C(Oc3cnc[nH]3)c3ccncc3)ccc2c1. The number of methoxy groups -OCH3 is 1. The maximum Gasteiger partial charge on any atom is 0.211 e. The highest BCUT2D eigenvalue weighted by Gasteiger charge is 2.17. The van der Waals surface area contributed by atoms with Crippen molar-refractivity contribution < 1.29 is 9.47 Å². The second-order valence-corrected chi connectivity index (χ2v) is 5.67. The molecule has 1 unspecified atom stereocenters. The second kappa shape index (κ2) is 6.65. The third-order valence-electron chi connectivity index (χ3n) is 4.10. The Labute approximate surface area is 145 Å². The van der Waals surface area contributed by atoms with Crippen molar-refractivity contribution >= 4 is 10.8 Å². The third-order valence-corrected chi connectivity index (χ3v) is 4.10. The maximum atomic E-state index is 6.15. The van der Waals surface area contributed by atoms with Gasteiger partial charge >= 0.3 is 0 Å². The van der Waals surface area contributed by atoms with Crippen molar-refractivity contribution in [1.82, 2.24) is 15.0 Å². The lowest BCUT2D eigenvalue weighted by Crippen LogP contribution is -2.09. The highest BCUT2D eigenvalue weighted by molar-refractivity contribution is 5.84. The fraction of sp³-hybridized carbons (Fsp3) is 0.100. The van der Waals surface area contributed by atoms with E-state index in [2.05, 4.69) is 39.2 Å². The fourth-order valence-electron chi connectivity index (χ4n) is 2.83. The van der Waals surface area contributed by atoms with E-state index in [1.165, 1.54) is 0 Å². The molecule has 0 radical (unpaired) electrons. The average Bonchev–Trinajstić information content (AvgIpc) is 3.19. The molecule has 0 aliphatic heterocycles. The molecule has 0 bridgehead atoms. The number of imidazole rings is 1. The lowest BCUT2D eigenvalue weighted by Gasteiger charge is -2.19. The molecule has 4 rings (SSSR count). The highest BCUT2D eigenvalue weighted by Crippen LogP contribution is 2.30. The van der Waals surface area contributed by atoms with Gasteiger partial charge in [-0.2, -0.15) is 0 Å². The van der Waals surface area contributed by atoms with E-state index in [-0.39, 0.29) is 6.10 Å². The van der Waals surface area contributed by atoms with Crippen molar-refractivity contribution in [3.63, 3.8) is 0 Å². The molecule has 1 N–H and O–H groups in total. The van der Waals surface area contributed by atoms with Crippen molar-refractivity contribution in [3.05, 3.63) is 84.6 Å². The number of hydrogen-bond donors (Lipinski definition) is 1. The van der Waals surface area contributed by atoms with E-state index in [9.17, 15) is 0 Å². The second-order valence-electron chi connectivity index (χ2n) is 5.67. The topological polar surface area (TPSA) is 60.0 Å². The third kappa shape index (κ3) is 3.17. The zero-order valence-corrected chi connectivity index (χ0v) is 13.7. The van der Waals surface area contributed by atoms with Crippen LogP contribution in [0.4, 0.5) is 0 Å². The molecule has 2 aromatic carbocycles. The fourth-order valence-corrected chi connectivity index (χ4v) is 2.83. The number of aromatic nitrogens is 3. The molecule has 0 amide bonds. The van der Waals surface area contributed by atoms with Gasteiger partial charge in [0.2, 0.25) is 5.88 Å². The van der Waals surface area contributed by atoms with Gasteiger partial charge in [-0.3, -0.25) is 4.98 Å². The number of aromatic amines is 1. The standard InChI is InChI=1S/C20H17N3O2/c1-24-18-5-4-15-10-17(3-2-16(15)11-18)20(14-6-8-21-9-7-14)25-19-12-22-13-23-19/h2-13,20H,1H3,(H,22,23). The van der Waals surface area contributed by atoms with E-state index in [1.807, 2.05) is 24.3 Å². The van der Waals surface area contributed by atoms with Crippen LogP contribution in [0.25, 0.3) is 10.8 Å². The van der Waals surface area contributed by atoms with Crippen molar-refractivity contribution in [1.29, 1.82) is 0 Å². The first-order chi connectivity index (χ1) is 12.3. The minimum absolute atomic E-state index is 0.255. The highest BCUT2D eigenvalue weighted by atomic mass is 16.5. The summed E-state index contributed by atoms with van der Waals surface area (Å²) in [5, 5.41) is 2.25. The molecule has 0 saturated heterocycles. The first-order valence-corrected chi connectivity index (χ1v) is 7.96. The Bertz CT molecular complexity index is 969. The van der Waals surface area contributed by atoms with Crippen LogP contribution < -0.4 is 9.47 Å². The summed E-state index contributed by atoms with van der Waals surface area (Å²) < 4.78 is 11.4. The van der Waals surface area contributed by atoms with Crippen LogP contribution in [0.5, 0.6) is 11.6 Å². The number of hydrogen-bond acceptors (Lipinski definition) is 4. The minimum Gasteiger partial charge on any atom is -0.497 e. The molecule has 5 nitrogen and oxygen atoms in total. The van der Waals surface area contributed by atoms with Crippen LogP contribution in [-0.4, -0.2) is 22.1 Å². The average molecular weight is 331 g/mol. The Hall–Kier alpha value is -3.34. The van der Waals surface area contributed by atoms with Crippen LogP contribution in [0.2, 0.25) is 0 Å². The van der Waals surface area contributed by atoms with Crippen LogP contribution in [0.15, 0.2) is 73.4 Å². The summed E-state index contributed by atoms with van der Waals surface area (Å²) in [5.74, 6) is 1.47. The molecule has 0 saturated carbocycles. The Kier molecular flexibility index (Phi) is 4.04. The maximum absolute atomic E-state index is 6.15. The molecule has 4 aromatic rings. The molecule has 1 atom stereocenters. The number of rotatable bonds is 5. The Balaban J connectivity index is 1.77. The molecule has 124 valence electrons. The van der Waals surface area contributed by atoms with Gasteiger partial charge in [-0.25, -0.2) is 4.98 Å². The molecule has 2 heterocycles. The van der Waals surface area contributed by atoms with E-state index in [0.29, 0.717) is 5.88 Å². The van der Waals surface area contributed by atoms with Crippen molar-refractivity contribution in [2.24, 2.45) is 0 Å². The van der Waals surface area contributed by atoms with Gasteiger partial charge in [0.1, 0.15) is 5.75 Å². The van der Waals surface area contributed by atoms with Crippen molar-refractivity contribution in [2.75, 3.05) is 7.11 Å². The van der Waals surface area contributed by atoms with Crippen LogP contribution in [0.1, 0.15) is 17.2 Å². The van der Waals surface area contributed by atoms with Gasteiger partial charge in [0.25, 0.3) is 0 Å². The molecule has 0 spiro atoms. The Morgan fingerprint density at radius 1 is 0.880 bits per heavy atom. The quantitative estimate of drug-likeness (QED) is 0.597. The van der Waals surface area contributed by atoms with E-state index in [1.54, 1.807) is 32.0 Å². The van der Waals surface area contributed by atoms with Gasteiger partial charge in [0.15, 0.2) is 6.10 Å². The Morgan fingerprint density at radius 2 is 1.68 bits per heavy atom. The molecule has 0 fully saturated rings. The summed E-state index contributed by atoms with van der Waals surface area (Å²) in [6.07, 6.45) is 6.55. The van der Waals surface area contributed by atoms with Crippen molar-refractivity contribution in [3.8, 4) is 11.6 Å². The molecule has 25 heavy (non-hydrogen) atoms. The van der Waals surface area contributed by atoms with Gasteiger partial charge in [-0.15, -0.1) is 0 Å². The molecule has 0 aliphatic rings. The van der Waals surface area contributed by atoms with Crippen molar-refractivity contribution in [2.45, 2.75) is 6.10 Å². The summed E-state index contributed by atoms with van der Waals surface area (Å²) in [6.45, 7) is 0. The largest absolute Gasteiger partial charge is 0.497 e. The van der Waals surface area contributed by atoms with E-state index in [0.717, 1.165) is 27.6 Å². The molecule has 2 aromatic heterocycles. The van der Waals surface area contributed by atoms with Crippen LogP contribution >= 0.6 is 0 Å². The first-order valence-electron chi connectivity index (χ1n) is 7.96. The minimum atomic E-state index is -0.255. The molecular formula is C20H17N3O2. The molecular weight excluding hydrogens is 314 g/mol. The summed E-state index contributed by atoms with van der Waals surface area (Å²) in [6, 6.07) is 16.2. The molecule has 0 aliphatic carbocycles. The smallest absolute Gasteiger partial charge is 0.211 e. The van der Waals surface area contributed by atoms with Gasteiger partial charge in [0.05, 0.1) is 19.6 Å². The monoisotopic (exact) mass is 331 g/mol.